The Kier molecular flexibility index (Phi) is 1.74. The average molecular weight is 152 g/mol. The van der Waals surface area contributed by atoms with E-state index >= 15 is 0 Å². The van der Waals surface area contributed by atoms with Crippen molar-refractivity contribution in [2.24, 2.45) is 17.8 Å². The minimum Gasteiger partial charge on any atom is -0.300 e. The summed E-state index contributed by atoms with van der Waals surface area (Å²) in [7, 11) is 0. The van der Waals surface area contributed by atoms with E-state index in [9.17, 15) is 4.79 Å². The van der Waals surface area contributed by atoms with E-state index in [4.69, 9.17) is 0 Å². The lowest BCUT2D eigenvalue weighted by Crippen LogP contribution is -2.13. The van der Waals surface area contributed by atoms with Crippen LogP contribution in [0.15, 0.2) is 0 Å². The van der Waals surface area contributed by atoms with Crippen molar-refractivity contribution in [3.05, 3.63) is 0 Å². The first kappa shape index (κ1) is 7.33. The molecule has 2 rings (SSSR count). The molecule has 2 bridgehead atoms. The molecule has 0 N–H and O–H groups in total. The zero-order valence-electron chi connectivity index (χ0n) is 7.18. The molecule has 2 fully saturated rings. The molecule has 62 valence electrons. The number of carbonyl (C=O) groups excluding carboxylic acids is 1. The number of fused-ring (bicyclic) bond motifs is 2. The van der Waals surface area contributed by atoms with E-state index in [-0.39, 0.29) is 0 Å². The molecule has 2 aliphatic carbocycles. The summed E-state index contributed by atoms with van der Waals surface area (Å²) in [5, 5.41) is 0. The van der Waals surface area contributed by atoms with E-state index < -0.39 is 0 Å². The summed E-state index contributed by atoms with van der Waals surface area (Å²) in [6.07, 6.45) is 6.49. The van der Waals surface area contributed by atoms with Crippen LogP contribution in [0.3, 0.4) is 0 Å². The van der Waals surface area contributed by atoms with E-state index in [1.807, 2.05) is 0 Å². The fraction of sp³-hybridized carbons (Fsp3) is 0.900. The molecule has 0 radical (unpaired) electrons. The van der Waals surface area contributed by atoms with Gasteiger partial charge in [0.05, 0.1) is 0 Å². The van der Waals surface area contributed by atoms with Gasteiger partial charge in [0.1, 0.15) is 5.78 Å². The Balaban J connectivity index is 1.92. The Labute approximate surface area is 68.2 Å². The fourth-order valence-corrected chi connectivity index (χ4v) is 3.00. The third-order valence-electron chi connectivity index (χ3n) is 3.43. The third kappa shape index (κ3) is 1.33. The Hall–Kier alpha value is -0.330. The van der Waals surface area contributed by atoms with Crippen LogP contribution in [0.25, 0.3) is 0 Å². The van der Waals surface area contributed by atoms with Gasteiger partial charge in [-0.2, -0.15) is 0 Å². The van der Waals surface area contributed by atoms with Crippen LogP contribution in [-0.2, 0) is 4.79 Å². The second-order valence-corrected chi connectivity index (χ2v) is 4.34. The molecule has 1 unspecified atom stereocenters. The number of carbonyl (C=O) groups is 1. The highest BCUT2D eigenvalue weighted by Crippen LogP contribution is 2.49. The molecule has 0 aromatic carbocycles. The summed E-state index contributed by atoms with van der Waals surface area (Å²) < 4.78 is 0. The van der Waals surface area contributed by atoms with E-state index in [0.29, 0.717) is 5.78 Å². The zero-order chi connectivity index (χ0) is 7.84. The van der Waals surface area contributed by atoms with E-state index in [1.165, 1.54) is 25.7 Å². The largest absolute Gasteiger partial charge is 0.300 e. The van der Waals surface area contributed by atoms with Gasteiger partial charge in [0, 0.05) is 6.42 Å². The SMILES string of the molecule is CC(=O)CC1C[C@@H]2CC[C@H]1C2. The first-order valence-electron chi connectivity index (χ1n) is 4.75. The monoisotopic (exact) mass is 152 g/mol. The van der Waals surface area contributed by atoms with Crippen LogP contribution in [0, 0.1) is 17.8 Å². The van der Waals surface area contributed by atoms with E-state index in [0.717, 1.165) is 24.2 Å². The average Bonchev–Trinajstić information content (AvgIpc) is 2.45. The molecule has 2 saturated carbocycles. The summed E-state index contributed by atoms with van der Waals surface area (Å²) in [5.74, 6) is 3.07. The van der Waals surface area contributed by atoms with Gasteiger partial charge in [-0.25, -0.2) is 0 Å². The van der Waals surface area contributed by atoms with Gasteiger partial charge in [-0.3, -0.25) is 0 Å². The quantitative estimate of drug-likeness (QED) is 0.593. The molecule has 1 heteroatoms. The van der Waals surface area contributed by atoms with Gasteiger partial charge in [-0.15, -0.1) is 0 Å². The van der Waals surface area contributed by atoms with Gasteiger partial charge in [0.15, 0.2) is 0 Å². The zero-order valence-corrected chi connectivity index (χ0v) is 7.18. The van der Waals surface area contributed by atoms with E-state index in [2.05, 4.69) is 0 Å². The molecular formula is C10H16O. The van der Waals surface area contributed by atoms with Gasteiger partial charge >= 0.3 is 0 Å². The molecule has 1 nitrogen and oxygen atoms in total. The maximum absolute atomic E-state index is 10.9. The number of hydrogen-bond acceptors (Lipinski definition) is 1. The Morgan fingerprint density at radius 3 is 2.64 bits per heavy atom. The summed E-state index contributed by atoms with van der Waals surface area (Å²) in [6, 6.07) is 0. The lowest BCUT2D eigenvalue weighted by Gasteiger charge is -2.19. The molecule has 0 aromatic heterocycles. The second-order valence-electron chi connectivity index (χ2n) is 4.34. The molecule has 0 aromatic rings. The molecule has 3 atom stereocenters. The van der Waals surface area contributed by atoms with Crippen LogP contribution >= 0.6 is 0 Å². The van der Waals surface area contributed by atoms with Gasteiger partial charge < -0.3 is 4.79 Å². The smallest absolute Gasteiger partial charge is 0.130 e. The van der Waals surface area contributed by atoms with Gasteiger partial charge in [0.25, 0.3) is 0 Å². The summed E-state index contributed by atoms with van der Waals surface area (Å²) in [6.45, 7) is 1.73. The minimum atomic E-state index is 0.391. The molecule has 11 heavy (non-hydrogen) atoms. The highest BCUT2D eigenvalue weighted by atomic mass is 16.1. The topological polar surface area (TPSA) is 17.1 Å². The molecular weight excluding hydrogens is 136 g/mol. The first-order chi connectivity index (χ1) is 5.25. The van der Waals surface area contributed by atoms with Crippen molar-refractivity contribution in [1.29, 1.82) is 0 Å². The predicted molar refractivity (Wildman–Crippen MR) is 44.2 cm³/mol. The van der Waals surface area contributed by atoms with Crippen LogP contribution < -0.4 is 0 Å². The van der Waals surface area contributed by atoms with Crippen LogP contribution in [0.5, 0.6) is 0 Å². The lowest BCUT2D eigenvalue weighted by atomic mass is 9.85. The predicted octanol–water partition coefficient (Wildman–Crippen LogP) is 2.40. The molecule has 0 heterocycles. The Morgan fingerprint density at radius 1 is 1.36 bits per heavy atom. The van der Waals surface area contributed by atoms with Gasteiger partial charge in [0.2, 0.25) is 0 Å². The first-order valence-corrected chi connectivity index (χ1v) is 4.75. The fourth-order valence-electron chi connectivity index (χ4n) is 3.00. The molecule has 0 spiro atoms. The van der Waals surface area contributed by atoms with E-state index in [1.54, 1.807) is 6.92 Å². The van der Waals surface area contributed by atoms with Crippen molar-refractivity contribution in [2.75, 3.05) is 0 Å². The maximum Gasteiger partial charge on any atom is 0.130 e. The highest BCUT2D eigenvalue weighted by molar-refractivity contribution is 5.75. The van der Waals surface area contributed by atoms with Crippen molar-refractivity contribution in [2.45, 2.75) is 39.0 Å². The van der Waals surface area contributed by atoms with Crippen molar-refractivity contribution in [3.63, 3.8) is 0 Å². The standard InChI is InChI=1S/C10H16O/c1-7(11)4-10-6-8-2-3-9(10)5-8/h8-10H,2-6H2,1H3/t8-,9+,10?/m1/s1. The summed E-state index contributed by atoms with van der Waals surface area (Å²) in [4.78, 5) is 10.9. The normalized spacial score (nSPS) is 41.4. The second kappa shape index (κ2) is 2.62. The molecule has 2 aliphatic rings. The number of Topliss-reactive ketones (excluding diaryl/α,β-unsaturated/α-hetero) is 1. The summed E-state index contributed by atoms with van der Waals surface area (Å²) >= 11 is 0. The van der Waals surface area contributed by atoms with Crippen molar-refractivity contribution in [1.82, 2.24) is 0 Å². The third-order valence-corrected chi connectivity index (χ3v) is 3.43. The Bertz CT molecular complexity index is 174. The summed E-state index contributed by atoms with van der Waals surface area (Å²) in [5.41, 5.74) is 0. The van der Waals surface area contributed by atoms with Crippen LogP contribution in [-0.4, -0.2) is 5.78 Å². The minimum absolute atomic E-state index is 0.391. The number of hydrogen-bond donors (Lipinski definition) is 0. The Morgan fingerprint density at radius 2 is 2.18 bits per heavy atom. The lowest BCUT2D eigenvalue weighted by molar-refractivity contribution is -0.118. The highest BCUT2D eigenvalue weighted by Gasteiger charge is 2.39. The molecule has 0 amide bonds. The van der Waals surface area contributed by atoms with Gasteiger partial charge in [-0.1, -0.05) is 6.42 Å². The maximum atomic E-state index is 10.9. The number of ketones is 1. The van der Waals surface area contributed by atoms with Crippen LogP contribution in [0.1, 0.15) is 39.0 Å². The van der Waals surface area contributed by atoms with Crippen LogP contribution in [0.4, 0.5) is 0 Å². The van der Waals surface area contributed by atoms with Crippen LogP contribution in [0.2, 0.25) is 0 Å². The van der Waals surface area contributed by atoms with Crippen molar-refractivity contribution in [3.8, 4) is 0 Å². The van der Waals surface area contributed by atoms with Crippen molar-refractivity contribution >= 4 is 5.78 Å². The molecule has 0 saturated heterocycles. The van der Waals surface area contributed by atoms with Gasteiger partial charge in [-0.05, 0) is 43.9 Å². The van der Waals surface area contributed by atoms with Crippen molar-refractivity contribution < 1.29 is 4.79 Å². The molecule has 0 aliphatic heterocycles. The number of rotatable bonds is 2.